The first kappa shape index (κ1) is 56.9. The summed E-state index contributed by atoms with van der Waals surface area (Å²) >= 11 is 0. The van der Waals surface area contributed by atoms with Gasteiger partial charge in [-0.1, -0.05) is 0 Å². The molecule has 24 heteroatoms. The van der Waals surface area contributed by atoms with E-state index in [2.05, 4.69) is 21.3 Å². The lowest BCUT2D eigenvalue weighted by Crippen LogP contribution is -2.41. The predicted molar refractivity (Wildman–Crippen MR) is 229 cm³/mol. The molecule has 0 aromatic carbocycles. The Bertz CT molecular complexity index is 1540. The molecule has 2 aliphatic rings. The summed E-state index contributed by atoms with van der Waals surface area (Å²) in [6.45, 7) is 5.61. The maximum Gasteiger partial charge on any atom is 0.326 e. The van der Waals surface area contributed by atoms with Crippen molar-refractivity contribution in [3.05, 3.63) is 24.3 Å². The van der Waals surface area contributed by atoms with Crippen LogP contribution in [-0.2, 0) is 81.0 Å². The number of aliphatic carboxylic acids is 1. The van der Waals surface area contributed by atoms with Crippen LogP contribution < -0.4 is 21.3 Å². The van der Waals surface area contributed by atoms with Crippen molar-refractivity contribution >= 4 is 53.2 Å². The maximum atomic E-state index is 12.3. The van der Waals surface area contributed by atoms with Gasteiger partial charge >= 0.3 is 5.97 Å². The number of carboxylic acid groups (broad SMARTS) is 1. The van der Waals surface area contributed by atoms with Crippen LogP contribution in [0.25, 0.3) is 0 Å². The van der Waals surface area contributed by atoms with Crippen molar-refractivity contribution in [3.8, 4) is 0 Å². The second kappa shape index (κ2) is 36.9. The lowest BCUT2D eigenvalue weighted by Gasteiger charge is -2.15. The molecule has 0 aromatic rings. The van der Waals surface area contributed by atoms with Crippen molar-refractivity contribution in [2.75, 3.05) is 138 Å². The predicted octanol–water partition coefficient (Wildman–Crippen LogP) is -2.38. The van der Waals surface area contributed by atoms with E-state index in [-0.39, 0.29) is 116 Å². The number of ether oxygens (including phenoxy) is 8. The molecule has 1 atom stereocenters. The van der Waals surface area contributed by atoms with E-state index in [0.29, 0.717) is 85.5 Å². The smallest absolute Gasteiger partial charge is 0.326 e. The number of amides is 8. The minimum absolute atomic E-state index is 0.0113. The van der Waals surface area contributed by atoms with Crippen LogP contribution in [0.15, 0.2) is 24.3 Å². The fraction of sp³-hybridized carbons (Fsp3) is 0.690. The normalized spacial score (nSPS) is 13.8. The Kier molecular flexibility index (Phi) is 31.9. The number of hydrogen-bond donors (Lipinski definition) is 5. The van der Waals surface area contributed by atoms with Crippen LogP contribution >= 0.6 is 0 Å². The highest BCUT2D eigenvalue weighted by molar-refractivity contribution is 6.13. The average molecular weight is 943 g/mol. The fourth-order valence-corrected chi connectivity index (χ4v) is 5.60. The molecule has 1 unspecified atom stereocenters. The highest BCUT2D eigenvalue weighted by Gasteiger charge is 2.25. The minimum atomic E-state index is -1.15. The molecule has 0 saturated carbocycles. The molecule has 2 heterocycles. The number of carbonyl (C=O) groups is 9. The zero-order valence-corrected chi connectivity index (χ0v) is 37.5. The second-order valence-corrected chi connectivity index (χ2v) is 14.2. The van der Waals surface area contributed by atoms with Crippen LogP contribution in [0.4, 0.5) is 0 Å². The van der Waals surface area contributed by atoms with Gasteiger partial charge in [0, 0.05) is 82.7 Å². The van der Waals surface area contributed by atoms with Crippen molar-refractivity contribution in [1.29, 1.82) is 0 Å². The molecular weight excluding hydrogens is 876 g/mol. The number of nitrogens with zero attached hydrogens (tertiary/aromatic N) is 2. The average Bonchev–Trinajstić information content (AvgIpc) is 3.79. The Labute approximate surface area is 383 Å². The Balaban J connectivity index is 1.28. The van der Waals surface area contributed by atoms with Gasteiger partial charge in [0.25, 0.3) is 23.6 Å². The zero-order valence-electron chi connectivity index (χ0n) is 37.5. The van der Waals surface area contributed by atoms with Gasteiger partial charge in [-0.2, -0.15) is 0 Å². The van der Waals surface area contributed by atoms with E-state index < -0.39 is 41.5 Å². The van der Waals surface area contributed by atoms with Crippen LogP contribution in [-0.4, -0.2) is 213 Å². The standard InChI is InChI=1S/C42H66N6O18/c49-34(8-15-47-38(53)4-5-39(47)54)44-13-19-61-23-27-65-31-29-63-25-21-59-17-10-36(51)43-12-2-1-3-33(42(57)58)46-37(52)11-18-60-22-26-64-30-32-66-28-24-62-20-14-45-35(50)9-16-48-40(55)6-7-41(48)56/h4-7,33H,1-3,8-32H2,(H,43,51)(H,44,49)(H,45,50)(H,46,52)(H,57,58). The molecule has 24 nitrogen and oxygen atoms in total. The summed E-state index contributed by atoms with van der Waals surface area (Å²) in [7, 11) is 0. The van der Waals surface area contributed by atoms with E-state index in [1.165, 1.54) is 24.3 Å². The van der Waals surface area contributed by atoms with E-state index in [9.17, 15) is 48.3 Å². The maximum absolute atomic E-state index is 12.3. The number of rotatable bonds is 43. The molecule has 2 aliphatic heterocycles. The highest BCUT2D eigenvalue weighted by Crippen LogP contribution is 2.06. The minimum Gasteiger partial charge on any atom is -0.480 e. The number of carboxylic acids is 1. The third kappa shape index (κ3) is 28.6. The topological polar surface area (TPSA) is 302 Å². The van der Waals surface area contributed by atoms with Gasteiger partial charge in [0.1, 0.15) is 6.04 Å². The lowest BCUT2D eigenvalue weighted by molar-refractivity contribution is -0.142. The van der Waals surface area contributed by atoms with Crippen molar-refractivity contribution in [2.45, 2.75) is 51.0 Å². The van der Waals surface area contributed by atoms with Crippen LogP contribution in [0.1, 0.15) is 44.9 Å². The van der Waals surface area contributed by atoms with E-state index >= 15 is 0 Å². The number of unbranched alkanes of at least 4 members (excludes halogenated alkanes) is 1. The van der Waals surface area contributed by atoms with E-state index in [1.54, 1.807) is 0 Å². The number of nitrogens with one attached hydrogen (secondary N) is 4. The van der Waals surface area contributed by atoms with Gasteiger partial charge in [0.15, 0.2) is 0 Å². The third-order valence-electron chi connectivity index (χ3n) is 9.12. The van der Waals surface area contributed by atoms with Crippen molar-refractivity contribution in [2.24, 2.45) is 0 Å². The summed E-state index contributed by atoms with van der Waals surface area (Å²) in [5, 5.41) is 20.1. The Morgan fingerprint density at radius 3 is 1.12 bits per heavy atom. The van der Waals surface area contributed by atoms with Crippen molar-refractivity contribution in [1.82, 2.24) is 31.1 Å². The molecule has 0 fully saturated rings. The Morgan fingerprint density at radius 1 is 0.424 bits per heavy atom. The van der Waals surface area contributed by atoms with Gasteiger partial charge in [-0.25, -0.2) is 4.79 Å². The molecule has 0 spiro atoms. The summed E-state index contributed by atoms with van der Waals surface area (Å²) < 4.78 is 43.2. The van der Waals surface area contributed by atoms with Crippen LogP contribution in [0, 0.1) is 0 Å². The molecule has 0 aliphatic carbocycles. The first-order chi connectivity index (χ1) is 32.0. The van der Waals surface area contributed by atoms with Gasteiger partial charge in [0.05, 0.1) is 106 Å². The molecule has 2 rings (SSSR count). The summed E-state index contributed by atoms with van der Waals surface area (Å²) in [4.78, 5) is 108. The fourth-order valence-electron chi connectivity index (χ4n) is 5.60. The van der Waals surface area contributed by atoms with E-state index in [0.717, 1.165) is 9.80 Å². The summed E-state index contributed by atoms with van der Waals surface area (Å²) in [6, 6.07) is -1.06. The molecular formula is C42H66N6O18. The molecule has 0 bridgehead atoms. The Hall–Kier alpha value is -5.21. The molecule has 8 amide bonds. The lowest BCUT2D eigenvalue weighted by atomic mass is 10.1. The van der Waals surface area contributed by atoms with Gasteiger partial charge in [-0.05, 0) is 19.3 Å². The third-order valence-corrected chi connectivity index (χ3v) is 9.12. The highest BCUT2D eigenvalue weighted by atomic mass is 16.6. The van der Waals surface area contributed by atoms with Crippen LogP contribution in [0.5, 0.6) is 0 Å². The first-order valence-corrected chi connectivity index (χ1v) is 22.0. The van der Waals surface area contributed by atoms with Crippen molar-refractivity contribution < 1.29 is 86.2 Å². The largest absolute Gasteiger partial charge is 0.480 e. The van der Waals surface area contributed by atoms with Crippen LogP contribution in [0.3, 0.4) is 0 Å². The zero-order chi connectivity index (χ0) is 48.0. The monoisotopic (exact) mass is 942 g/mol. The molecule has 66 heavy (non-hydrogen) atoms. The summed E-state index contributed by atoms with van der Waals surface area (Å²) in [5.74, 6) is -4.09. The molecule has 372 valence electrons. The molecule has 0 aromatic heterocycles. The van der Waals surface area contributed by atoms with Gasteiger partial charge in [0.2, 0.25) is 23.6 Å². The molecule has 0 saturated heterocycles. The summed E-state index contributed by atoms with van der Waals surface area (Å²) in [5.41, 5.74) is 0. The quantitative estimate of drug-likeness (QED) is 0.0315. The van der Waals surface area contributed by atoms with Crippen LogP contribution in [0.2, 0.25) is 0 Å². The van der Waals surface area contributed by atoms with Gasteiger partial charge in [-0.3, -0.25) is 48.2 Å². The first-order valence-electron chi connectivity index (χ1n) is 22.0. The molecule has 0 radical (unpaired) electrons. The van der Waals surface area contributed by atoms with Gasteiger partial charge in [-0.15, -0.1) is 0 Å². The number of carbonyl (C=O) groups excluding carboxylic acids is 8. The van der Waals surface area contributed by atoms with Gasteiger partial charge < -0.3 is 64.3 Å². The SMILES string of the molecule is O=C(CCOCCOCCOCCOCCNC(=O)CCN1C(=O)C=CC1=O)NCCCCC(NC(=O)CCOCCOCCOCCOCCNC(=O)CCN1C(=O)C=CC1=O)C(=O)O. The van der Waals surface area contributed by atoms with E-state index in [4.69, 9.17) is 37.9 Å². The summed E-state index contributed by atoms with van der Waals surface area (Å²) in [6.07, 6.45) is 6.04. The Morgan fingerprint density at radius 2 is 0.742 bits per heavy atom. The molecule has 5 N–H and O–H groups in total. The number of hydrogen-bond acceptors (Lipinski definition) is 17. The second-order valence-electron chi connectivity index (χ2n) is 14.2. The van der Waals surface area contributed by atoms with Crippen molar-refractivity contribution in [3.63, 3.8) is 0 Å². The number of imide groups is 2. The van der Waals surface area contributed by atoms with E-state index in [1.807, 2.05) is 0 Å².